The average molecular weight is 330 g/mol. The van der Waals surface area contributed by atoms with Gasteiger partial charge in [-0.1, -0.05) is 43.7 Å². The van der Waals surface area contributed by atoms with E-state index < -0.39 is 0 Å². The van der Waals surface area contributed by atoms with Crippen LogP contribution in [0.3, 0.4) is 0 Å². The predicted molar refractivity (Wildman–Crippen MR) is 97.3 cm³/mol. The summed E-state index contributed by atoms with van der Waals surface area (Å²) in [6.45, 7) is 6.60. The van der Waals surface area contributed by atoms with Crippen molar-refractivity contribution in [1.29, 1.82) is 0 Å². The Morgan fingerprint density at radius 2 is 1.91 bits per heavy atom. The summed E-state index contributed by atoms with van der Waals surface area (Å²) >= 11 is 1.75. The van der Waals surface area contributed by atoms with Gasteiger partial charge in [-0.05, 0) is 38.8 Å². The number of nitrogens with zero attached hydrogens (tertiary/aromatic N) is 2. The number of rotatable bonds is 7. The summed E-state index contributed by atoms with van der Waals surface area (Å²) < 4.78 is 5.99. The lowest BCUT2D eigenvalue weighted by Gasteiger charge is -2.26. The van der Waals surface area contributed by atoms with E-state index in [9.17, 15) is 0 Å². The third kappa shape index (κ3) is 4.55. The van der Waals surface area contributed by atoms with E-state index in [1.54, 1.807) is 11.3 Å². The molecule has 2 heterocycles. The SMILES string of the molecule is CCc1sc(-c2ccccc2)nc1OCCCN1CCCCC1. The van der Waals surface area contributed by atoms with Crippen LogP contribution in [-0.4, -0.2) is 36.1 Å². The first kappa shape index (κ1) is 16.5. The molecule has 0 aliphatic carbocycles. The second kappa shape index (κ2) is 8.46. The Kier molecular flexibility index (Phi) is 6.06. The van der Waals surface area contributed by atoms with Gasteiger partial charge < -0.3 is 9.64 Å². The van der Waals surface area contributed by atoms with Crippen LogP contribution >= 0.6 is 11.3 Å². The molecule has 0 saturated carbocycles. The molecule has 124 valence electrons. The van der Waals surface area contributed by atoms with Gasteiger partial charge in [0, 0.05) is 12.1 Å². The highest BCUT2D eigenvalue weighted by atomic mass is 32.1. The first-order chi connectivity index (χ1) is 11.4. The zero-order valence-corrected chi connectivity index (χ0v) is 14.8. The zero-order valence-electron chi connectivity index (χ0n) is 14.0. The number of likely N-dealkylation sites (tertiary alicyclic amines) is 1. The van der Waals surface area contributed by atoms with Gasteiger partial charge in [-0.25, -0.2) is 4.98 Å². The standard InChI is InChI=1S/C19H26N2OS/c1-2-17-18(20-19(23-17)16-10-5-3-6-11-16)22-15-9-14-21-12-7-4-8-13-21/h3,5-6,10-11H,2,4,7-9,12-15H2,1H3. The summed E-state index contributed by atoms with van der Waals surface area (Å²) in [5.74, 6) is 0.843. The molecule has 1 aliphatic heterocycles. The number of aryl methyl sites for hydroxylation is 1. The fourth-order valence-electron chi connectivity index (χ4n) is 3.02. The van der Waals surface area contributed by atoms with Gasteiger partial charge in [0.2, 0.25) is 5.88 Å². The highest BCUT2D eigenvalue weighted by Gasteiger charge is 2.13. The van der Waals surface area contributed by atoms with Gasteiger partial charge in [-0.2, -0.15) is 0 Å². The molecular formula is C19H26N2OS. The maximum absolute atomic E-state index is 5.99. The Labute approximate surface area is 143 Å². The van der Waals surface area contributed by atoms with Crippen LogP contribution in [0, 0.1) is 0 Å². The van der Waals surface area contributed by atoms with E-state index in [1.807, 2.05) is 6.07 Å². The first-order valence-electron chi connectivity index (χ1n) is 8.77. The van der Waals surface area contributed by atoms with Crippen molar-refractivity contribution in [2.45, 2.75) is 39.0 Å². The van der Waals surface area contributed by atoms with E-state index >= 15 is 0 Å². The fourth-order valence-corrected chi connectivity index (χ4v) is 3.97. The lowest BCUT2D eigenvalue weighted by atomic mass is 10.1. The largest absolute Gasteiger partial charge is 0.477 e. The minimum Gasteiger partial charge on any atom is -0.477 e. The molecule has 4 heteroatoms. The summed E-state index contributed by atoms with van der Waals surface area (Å²) in [6.07, 6.45) is 6.17. The van der Waals surface area contributed by atoms with Crippen molar-refractivity contribution in [3.63, 3.8) is 0 Å². The van der Waals surface area contributed by atoms with Gasteiger partial charge in [0.25, 0.3) is 0 Å². The van der Waals surface area contributed by atoms with Crippen LogP contribution < -0.4 is 4.74 Å². The Bertz CT molecular complexity index is 591. The number of benzene rings is 1. The molecule has 1 aliphatic rings. The third-order valence-electron chi connectivity index (χ3n) is 4.31. The summed E-state index contributed by atoms with van der Waals surface area (Å²) in [4.78, 5) is 8.53. The highest BCUT2D eigenvalue weighted by molar-refractivity contribution is 7.15. The molecule has 0 radical (unpaired) electrons. The van der Waals surface area contributed by atoms with Gasteiger partial charge in [0.15, 0.2) is 0 Å². The molecule has 0 bridgehead atoms. The predicted octanol–water partition coefficient (Wildman–Crippen LogP) is 4.63. The zero-order chi connectivity index (χ0) is 15.9. The van der Waals surface area contributed by atoms with Gasteiger partial charge in [0.05, 0.1) is 11.5 Å². The van der Waals surface area contributed by atoms with Crippen molar-refractivity contribution < 1.29 is 4.74 Å². The Morgan fingerprint density at radius 1 is 1.13 bits per heavy atom. The van der Waals surface area contributed by atoms with E-state index in [-0.39, 0.29) is 0 Å². The summed E-state index contributed by atoms with van der Waals surface area (Å²) in [7, 11) is 0. The summed E-state index contributed by atoms with van der Waals surface area (Å²) in [5.41, 5.74) is 1.18. The highest BCUT2D eigenvalue weighted by Crippen LogP contribution is 2.32. The maximum atomic E-state index is 5.99. The van der Waals surface area contributed by atoms with E-state index in [1.165, 1.54) is 42.8 Å². The summed E-state index contributed by atoms with van der Waals surface area (Å²) in [6, 6.07) is 10.4. The molecule has 1 aromatic heterocycles. The average Bonchev–Trinajstić information content (AvgIpc) is 3.04. The molecule has 1 aromatic carbocycles. The molecule has 2 aromatic rings. The molecule has 1 fully saturated rings. The smallest absolute Gasteiger partial charge is 0.228 e. The Balaban J connectivity index is 1.54. The molecule has 0 amide bonds. The minimum absolute atomic E-state index is 0.765. The van der Waals surface area contributed by atoms with E-state index in [0.29, 0.717) is 0 Å². The van der Waals surface area contributed by atoms with Crippen molar-refractivity contribution in [3.05, 3.63) is 35.2 Å². The van der Waals surface area contributed by atoms with Crippen LogP contribution in [0.1, 0.15) is 37.5 Å². The Morgan fingerprint density at radius 3 is 2.65 bits per heavy atom. The normalized spacial score (nSPS) is 15.7. The molecule has 3 nitrogen and oxygen atoms in total. The number of hydrogen-bond acceptors (Lipinski definition) is 4. The number of aromatic nitrogens is 1. The van der Waals surface area contributed by atoms with Crippen molar-refractivity contribution in [2.75, 3.05) is 26.2 Å². The van der Waals surface area contributed by atoms with Crippen LogP contribution in [0.2, 0.25) is 0 Å². The monoisotopic (exact) mass is 330 g/mol. The second-order valence-electron chi connectivity index (χ2n) is 6.07. The summed E-state index contributed by atoms with van der Waals surface area (Å²) in [5, 5.41) is 1.06. The van der Waals surface area contributed by atoms with Crippen LogP contribution in [0.4, 0.5) is 0 Å². The van der Waals surface area contributed by atoms with E-state index in [0.717, 1.165) is 36.9 Å². The Hall–Kier alpha value is -1.39. The molecule has 0 N–H and O–H groups in total. The van der Waals surface area contributed by atoms with Crippen LogP contribution in [0.25, 0.3) is 10.6 Å². The van der Waals surface area contributed by atoms with E-state index in [2.05, 4.69) is 36.1 Å². The fraction of sp³-hybridized carbons (Fsp3) is 0.526. The van der Waals surface area contributed by atoms with Crippen molar-refractivity contribution >= 4 is 11.3 Å². The van der Waals surface area contributed by atoms with Crippen LogP contribution in [0.15, 0.2) is 30.3 Å². The molecule has 1 saturated heterocycles. The molecule has 0 unspecified atom stereocenters. The van der Waals surface area contributed by atoms with Crippen LogP contribution in [-0.2, 0) is 6.42 Å². The molecule has 0 atom stereocenters. The number of hydrogen-bond donors (Lipinski definition) is 0. The molecule has 3 rings (SSSR count). The first-order valence-corrected chi connectivity index (χ1v) is 9.58. The lowest BCUT2D eigenvalue weighted by Crippen LogP contribution is -2.31. The number of piperidine rings is 1. The minimum atomic E-state index is 0.765. The van der Waals surface area contributed by atoms with Gasteiger partial charge in [-0.15, -0.1) is 11.3 Å². The topological polar surface area (TPSA) is 25.4 Å². The molecular weight excluding hydrogens is 304 g/mol. The number of thiazole rings is 1. The molecule has 23 heavy (non-hydrogen) atoms. The van der Waals surface area contributed by atoms with Crippen molar-refractivity contribution in [1.82, 2.24) is 9.88 Å². The second-order valence-corrected chi connectivity index (χ2v) is 7.15. The molecule has 0 spiro atoms. The maximum Gasteiger partial charge on any atom is 0.228 e. The quantitative estimate of drug-likeness (QED) is 0.692. The van der Waals surface area contributed by atoms with Gasteiger partial charge in [0.1, 0.15) is 5.01 Å². The van der Waals surface area contributed by atoms with E-state index in [4.69, 9.17) is 9.72 Å². The van der Waals surface area contributed by atoms with Crippen LogP contribution in [0.5, 0.6) is 5.88 Å². The number of ether oxygens (including phenoxy) is 1. The van der Waals surface area contributed by atoms with Crippen molar-refractivity contribution in [2.24, 2.45) is 0 Å². The lowest BCUT2D eigenvalue weighted by molar-refractivity contribution is 0.203. The third-order valence-corrected chi connectivity index (χ3v) is 5.54. The van der Waals surface area contributed by atoms with Gasteiger partial charge >= 0.3 is 0 Å². The van der Waals surface area contributed by atoms with Crippen molar-refractivity contribution in [3.8, 4) is 16.5 Å². The van der Waals surface area contributed by atoms with Gasteiger partial charge in [-0.3, -0.25) is 0 Å².